The minimum Gasteiger partial charge on any atom is -0.481 e. The van der Waals surface area contributed by atoms with Gasteiger partial charge in [-0.1, -0.05) is 6.42 Å². The molecule has 1 aliphatic carbocycles. The first-order valence-corrected chi connectivity index (χ1v) is 5.27. The lowest BCUT2D eigenvalue weighted by atomic mass is 9.95. The molecule has 1 rings (SSSR count). The van der Waals surface area contributed by atoms with E-state index < -0.39 is 17.8 Å². The van der Waals surface area contributed by atoms with Gasteiger partial charge in [0.15, 0.2) is 0 Å². The molecule has 6 heteroatoms. The van der Waals surface area contributed by atoms with Crippen molar-refractivity contribution in [3.05, 3.63) is 0 Å². The zero-order valence-corrected chi connectivity index (χ0v) is 9.16. The molecule has 0 aromatic heterocycles. The van der Waals surface area contributed by atoms with Crippen molar-refractivity contribution in [2.45, 2.75) is 19.3 Å². The second-order valence-electron chi connectivity index (χ2n) is 3.87. The Hall–Kier alpha value is -1.59. The average Bonchev–Trinajstić information content (AvgIpc) is 2.74. The highest BCUT2D eigenvalue weighted by Crippen LogP contribution is 2.31. The van der Waals surface area contributed by atoms with Gasteiger partial charge in [-0.15, -0.1) is 0 Å². The van der Waals surface area contributed by atoms with Crippen LogP contribution < -0.4 is 10.6 Å². The fourth-order valence-electron chi connectivity index (χ4n) is 1.96. The second-order valence-corrected chi connectivity index (χ2v) is 3.87. The average molecular weight is 228 g/mol. The Morgan fingerprint density at radius 1 is 1.25 bits per heavy atom. The molecule has 1 saturated carbocycles. The van der Waals surface area contributed by atoms with Crippen molar-refractivity contribution >= 4 is 17.8 Å². The van der Waals surface area contributed by atoms with E-state index in [2.05, 4.69) is 10.6 Å². The summed E-state index contributed by atoms with van der Waals surface area (Å²) in [6.45, 7) is -0.0990. The molecule has 6 nitrogen and oxygen atoms in total. The third-order valence-electron chi connectivity index (χ3n) is 2.87. The molecule has 0 spiro atoms. The molecule has 1 fully saturated rings. The van der Waals surface area contributed by atoms with E-state index in [9.17, 15) is 14.4 Å². The predicted molar refractivity (Wildman–Crippen MR) is 55.5 cm³/mol. The highest BCUT2D eigenvalue weighted by molar-refractivity contribution is 5.88. The molecule has 16 heavy (non-hydrogen) atoms. The number of aliphatic carboxylic acids is 1. The Morgan fingerprint density at radius 3 is 2.44 bits per heavy atom. The van der Waals surface area contributed by atoms with Gasteiger partial charge in [0.1, 0.15) is 0 Å². The first-order valence-electron chi connectivity index (χ1n) is 5.27. The van der Waals surface area contributed by atoms with Crippen molar-refractivity contribution in [3.8, 4) is 0 Å². The summed E-state index contributed by atoms with van der Waals surface area (Å²) in [4.78, 5) is 33.4. The van der Waals surface area contributed by atoms with E-state index in [-0.39, 0.29) is 18.4 Å². The summed E-state index contributed by atoms with van der Waals surface area (Å²) in [5.74, 6) is -2.67. The molecule has 0 unspecified atom stereocenters. The summed E-state index contributed by atoms with van der Waals surface area (Å²) in [6.07, 6.45) is 1.86. The van der Waals surface area contributed by atoms with Crippen LogP contribution in [0.25, 0.3) is 0 Å². The number of carbonyl (C=O) groups excluding carboxylic acids is 2. The molecular weight excluding hydrogens is 212 g/mol. The van der Waals surface area contributed by atoms with Crippen LogP contribution in [-0.2, 0) is 14.4 Å². The zero-order valence-electron chi connectivity index (χ0n) is 9.16. The molecule has 0 bridgehead atoms. The van der Waals surface area contributed by atoms with Gasteiger partial charge in [0.2, 0.25) is 11.8 Å². The molecule has 0 aliphatic heterocycles. The Kier molecular flexibility index (Phi) is 4.28. The van der Waals surface area contributed by atoms with Crippen LogP contribution in [0.2, 0.25) is 0 Å². The summed E-state index contributed by atoms with van der Waals surface area (Å²) in [7, 11) is 1.48. The van der Waals surface area contributed by atoms with Crippen LogP contribution in [-0.4, -0.2) is 36.5 Å². The lowest BCUT2D eigenvalue weighted by molar-refractivity contribution is -0.146. The van der Waals surface area contributed by atoms with E-state index in [0.29, 0.717) is 12.8 Å². The summed E-state index contributed by atoms with van der Waals surface area (Å²) in [5, 5.41) is 13.7. The van der Waals surface area contributed by atoms with E-state index in [1.807, 2.05) is 0 Å². The Labute approximate surface area is 93.4 Å². The number of hydrogen-bond donors (Lipinski definition) is 3. The van der Waals surface area contributed by atoms with Gasteiger partial charge in [0, 0.05) is 7.05 Å². The van der Waals surface area contributed by atoms with Gasteiger partial charge in [0.05, 0.1) is 18.4 Å². The van der Waals surface area contributed by atoms with Crippen LogP contribution in [0, 0.1) is 11.8 Å². The highest BCUT2D eigenvalue weighted by Gasteiger charge is 2.37. The van der Waals surface area contributed by atoms with E-state index >= 15 is 0 Å². The minimum absolute atomic E-state index is 0.0990. The maximum absolute atomic E-state index is 11.6. The number of nitrogens with one attached hydrogen (secondary N) is 2. The highest BCUT2D eigenvalue weighted by atomic mass is 16.4. The van der Waals surface area contributed by atoms with Crippen molar-refractivity contribution in [1.29, 1.82) is 0 Å². The van der Waals surface area contributed by atoms with E-state index in [4.69, 9.17) is 5.11 Å². The molecular formula is C10H16N2O4. The summed E-state index contributed by atoms with van der Waals surface area (Å²) < 4.78 is 0. The lowest BCUT2D eigenvalue weighted by Crippen LogP contribution is -2.40. The predicted octanol–water partition coefficient (Wildman–Crippen LogP) is -0.651. The molecule has 0 radical (unpaired) electrons. The van der Waals surface area contributed by atoms with Crippen molar-refractivity contribution in [2.75, 3.05) is 13.6 Å². The van der Waals surface area contributed by atoms with Gasteiger partial charge < -0.3 is 15.7 Å². The number of likely N-dealkylation sites (N-methyl/N-ethyl adjacent to an activating group) is 1. The third-order valence-corrected chi connectivity index (χ3v) is 2.87. The summed E-state index contributed by atoms with van der Waals surface area (Å²) >= 11 is 0. The summed E-state index contributed by atoms with van der Waals surface area (Å²) in [6, 6.07) is 0. The number of rotatable bonds is 4. The van der Waals surface area contributed by atoms with Crippen molar-refractivity contribution in [3.63, 3.8) is 0 Å². The normalized spacial score (nSPS) is 23.8. The van der Waals surface area contributed by atoms with Crippen LogP contribution in [0.5, 0.6) is 0 Å². The molecule has 1 aliphatic rings. The fourth-order valence-corrected chi connectivity index (χ4v) is 1.96. The fraction of sp³-hybridized carbons (Fsp3) is 0.700. The van der Waals surface area contributed by atoms with Gasteiger partial charge >= 0.3 is 5.97 Å². The number of carboxylic acids is 1. The van der Waals surface area contributed by atoms with E-state index in [1.54, 1.807) is 0 Å². The number of carbonyl (C=O) groups is 3. The number of hydrogen-bond acceptors (Lipinski definition) is 3. The molecule has 0 aromatic rings. The molecule has 2 amide bonds. The van der Waals surface area contributed by atoms with Crippen molar-refractivity contribution in [1.82, 2.24) is 10.6 Å². The van der Waals surface area contributed by atoms with E-state index in [1.165, 1.54) is 7.05 Å². The monoisotopic (exact) mass is 228 g/mol. The Morgan fingerprint density at radius 2 is 1.88 bits per heavy atom. The number of carboxylic acid groups (broad SMARTS) is 1. The first-order chi connectivity index (χ1) is 7.56. The van der Waals surface area contributed by atoms with Gasteiger partial charge in [-0.05, 0) is 12.8 Å². The maximum Gasteiger partial charge on any atom is 0.307 e. The quantitative estimate of drug-likeness (QED) is 0.595. The van der Waals surface area contributed by atoms with Gasteiger partial charge in [-0.3, -0.25) is 14.4 Å². The van der Waals surface area contributed by atoms with Crippen LogP contribution in [0.4, 0.5) is 0 Å². The third kappa shape index (κ3) is 2.95. The molecule has 0 heterocycles. The van der Waals surface area contributed by atoms with Crippen LogP contribution in [0.15, 0.2) is 0 Å². The largest absolute Gasteiger partial charge is 0.481 e. The maximum atomic E-state index is 11.6. The molecule has 3 N–H and O–H groups in total. The zero-order chi connectivity index (χ0) is 12.1. The smallest absolute Gasteiger partial charge is 0.307 e. The first kappa shape index (κ1) is 12.5. The topological polar surface area (TPSA) is 95.5 Å². The van der Waals surface area contributed by atoms with Crippen LogP contribution in [0.1, 0.15) is 19.3 Å². The summed E-state index contributed by atoms with van der Waals surface area (Å²) in [5.41, 5.74) is 0. The Bertz CT molecular complexity index is 303. The lowest BCUT2D eigenvalue weighted by Gasteiger charge is -2.14. The second kappa shape index (κ2) is 5.48. The van der Waals surface area contributed by atoms with Crippen molar-refractivity contribution < 1.29 is 19.5 Å². The van der Waals surface area contributed by atoms with Crippen LogP contribution >= 0.6 is 0 Å². The minimum atomic E-state index is -0.933. The van der Waals surface area contributed by atoms with Gasteiger partial charge in [-0.25, -0.2) is 0 Å². The number of amides is 2. The SMILES string of the molecule is CNC(=O)CNC(=O)[C@@H]1CCC[C@@H]1C(=O)O. The van der Waals surface area contributed by atoms with Gasteiger partial charge in [0.25, 0.3) is 0 Å². The van der Waals surface area contributed by atoms with Crippen LogP contribution in [0.3, 0.4) is 0 Å². The molecule has 90 valence electrons. The van der Waals surface area contributed by atoms with E-state index in [0.717, 1.165) is 6.42 Å². The molecule has 0 saturated heterocycles. The molecule has 2 atom stereocenters. The standard InChI is InChI=1S/C10H16N2O4/c1-11-8(13)5-12-9(14)6-3-2-4-7(6)10(15)16/h6-7H,2-5H2,1H3,(H,11,13)(H,12,14)(H,15,16)/t6-,7+/m1/s1. The van der Waals surface area contributed by atoms with Gasteiger partial charge in [-0.2, -0.15) is 0 Å². The Balaban J connectivity index is 2.47. The molecule has 0 aromatic carbocycles. The van der Waals surface area contributed by atoms with Crippen molar-refractivity contribution in [2.24, 2.45) is 11.8 Å².